The van der Waals surface area contributed by atoms with E-state index in [2.05, 4.69) is 4.98 Å². The Balaban J connectivity index is 1.24. The predicted molar refractivity (Wildman–Crippen MR) is 121 cm³/mol. The third-order valence-corrected chi connectivity index (χ3v) is 8.44. The monoisotopic (exact) mass is 437 g/mol. The van der Waals surface area contributed by atoms with Crippen LogP contribution in [-0.2, 0) is 22.9 Å². The minimum Gasteiger partial charge on any atom is -0.360 e. The Hall–Kier alpha value is -2.48. The molecule has 5 rings (SSSR count). The number of rotatable bonds is 5. The largest absolute Gasteiger partial charge is 0.360 e. The highest BCUT2D eigenvalue weighted by atomic mass is 32.2. The molecule has 162 valence electrons. The van der Waals surface area contributed by atoms with Crippen molar-refractivity contribution < 1.29 is 13.2 Å². The summed E-state index contributed by atoms with van der Waals surface area (Å²) < 4.78 is 27.9. The van der Waals surface area contributed by atoms with Crippen LogP contribution in [0.1, 0.15) is 34.3 Å². The first kappa shape index (κ1) is 20.4. The number of carbonyl (C=O) groups excluding carboxylic acids is 1. The molecule has 0 amide bonds. The molecule has 1 aliphatic carbocycles. The molecule has 1 aromatic heterocycles. The third-order valence-electron chi connectivity index (χ3n) is 6.55. The number of para-hydroxylation sites is 1. The summed E-state index contributed by atoms with van der Waals surface area (Å²) in [6.07, 6.45) is 6.07. The summed E-state index contributed by atoms with van der Waals surface area (Å²) in [6.45, 7) is 2.21. The van der Waals surface area contributed by atoms with E-state index in [-0.39, 0.29) is 5.78 Å². The lowest BCUT2D eigenvalue weighted by atomic mass is 9.92. The molecule has 6 nitrogen and oxygen atoms in total. The second-order valence-electron chi connectivity index (χ2n) is 8.49. The molecule has 0 atom stereocenters. The normalized spacial score (nSPS) is 18.2. The standard InChI is InChI=1S/C24H27N3O3S/c28-24(22-16-25-23-8-4-3-7-21(22)23)17-26-11-13-27(14-12-26)31(29,30)20-10-9-18-5-1-2-6-19(18)15-20/h3-4,7-10,15-16,25H,1-2,5-6,11-14,17H2. The van der Waals surface area contributed by atoms with Gasteiger partial charge in [0, 0.05) is 48.8 Å². The summed E-state index contributed by atoms with van der Waals surface area (Å²) in [5, 5.41) is 0.932. The van der Waals surface area contributed by atoms with E-state index in [1.165, 1.54) is 17.5 Å². The lowest BCUT2D eigenvalue weighted by molar-refractivity contribution is 0.0903. The van der Waals surface area contributed by atoms with Crippen molar-refractivity contribution in [3.8, 4) is 0 Å². The minimum atomic E-state index is -3.50. The maximum Gasteiger partial charge on any atom is 0.243 e. The summed E-state index contributed by atoms with van der Waals surface area (Å²) >= 11 is 0. The summed E-state index contributed by atoms with van der Waals surface area (Å²) in [5.74, 6) is 0.0587. The number of aromatic nitrogens is 1. The number of hydrogen-bond acceptors (Lipinski definition) is 4. The van der Waals surface area contributed by atoms with E-state index in [9.17, 15) is 13.2 Å². The van der Waals surface area contributed by atoms with Crippen LogP contribution in [0.3, 0.4) is 0 Å². The van der Waals surface area contributed by atoms with Crippen LogP contribution in [-0.4, -0.2) is 61.1 Å². The topological polar surface area (TPSA) is 73.5 Å². The molecule has 1 saturated heterocycles. The maximum atomic E-state index is 13.2. The molecule has 0 saturated carbocycles. The molecule has 3 aromatic rings. The van der Waals surface area contributed by atoms with Crippen LogP contribution in [0.2, 0.25) is 0 Å². The van der Waals surface area contributed by atoms with Gasteiger partial charge in [0.2, 0.25) is 10.0 Å². The van der Waals surface area contributed by atoms with Gasteiger partial charge in [-0.05, 0) is 55.0 Å². The second kappa shape index (κ2) is 8.22. The van der Waals surface area contributed by atoms with Crippen LogP contribution in [0.15, 0.2) is 53.6 Å². The van der Waals surface area contributed by atoms with E-state index in [1.807, 2.05) is 41.3 Å². The molecule has 2 heterocycles. The highest BCUT2D eigenvalue weighted by Gasteiger charge is 2.30. The molecule has 1 N–H and O–H groups in total. The van der Waals surface area contributed by atoms with Gasteiger partial charge in [-0.25, -0.2) is 8.42 Å². The number of hydrogen-bond donors (Lipinski definition) is 1. The zero-order valence-electron chi connectivity index (χ0n) is 17.5. The number of piperazine rings is 1. The molecule has 7 heteroatoms. The van der Waals surface area contributed by atoms with Gasteiger partial charge in [0.05, 0.1) is 11.4 Å². The van der Waals surface area contributed by atoms with Crippen LogP contribution >= 0.6 is 0 Å². The van der Waals surface area contributed by atoms with Crippen molar-refractivity contribution in [2.45, 2.75) is 30.6 Å². The molecule has 0 unspecified atom stereocenters. The number of aromatic amines is 1. The fraction of sp³-hybridized carbons (Fsp3) is 0.375. The van der Waals surface area contributed by atoms with Gasteiger partial charge in [0.15, 0.2) is 5.78 Å². The van der Waals surface area contributed by atoms with Crippen LogP contribution in [0.4, 0.5) is 0 Å². The van der Waals surface area contributed by atoms with Crippen LogP contribution < -0.4 is 0 Å². The van der Waals surface area contributed by atoms with Gasteiger partial charge in [-0.1, -0.05) is 24.3 Å². The highest BCUT2D eigenvalue weighted by Crippen LogP contribution is 2.26. The fourth-order valence-electron chi connectivity index (χ4n) is 4.74. The molecular formula is C24H27N3O3S. The number of nitrogens with one attached hydrogen (secondary N) is 1. The molecule has 2 aromatic carbocycles. The fourth-order valence-corrected chi connectivity index (χ4v) is 6.21. The van der Waals surface area contributed by atoms with Gasteiger partial charge in [0.25, 0.3) is 0 Å². The highest BCUT2D eigenvalue weighted by molar-refractivity contribution is 7.89. The number of ketones is 1. The Morgan fingerprint density at radius 3 is 2.48 bits per heavy atom. The van der Waals surface area contributed by atoms with Crippen molar-refractivity contribution in [3.05, 3.63) is 65.4 Å². The van der Waals surface area contributed by atoms with Crippen molar-refractivity contribution in [2.24, 2.45) is 0 Å². The first-order valence-electron chi connectivity index (χ1n) is 11.0. The first-order valence-corrected chi connectivity index (χ1v) is 12.4. The Bertz CT molecular complexity index is 1220. The molecule has 0 radical (unpaired) electrons. The molecule has 31 heavy (non-hydrogen) atoms. The zero-order chi connectivity index (χ0) is 21.4. The lowest BCUT2D eigenvalue weighted by Gasteiger charge is -2.33. The summed E-state index contributed by atoms with van der Waals surface area (Å²) in [5.41, 5.74) is 4.10. The lowest BCUT2D eigenvalue weighted by Crippen LogP contribution is -2.49. The van der Waals surface area contributed by atoms with Crippen molar-refractivity contribution in [1.29, 1.82) is 0 Å². The van der Waals surface area contributed by atoms with E-state index < -0.39 is 10.0 Å². The molecule has 1 fully saturated rings. The number of fused-ring (bicyclic) bond motifs is 2. The Morgan fingerprint density at radius 2 is 1.68 bits per heavy atom. The van der Waals surface area contributed by atoms with Gasteiger partial charge < -0.3 is 4.98 Å². The summed E-state index contributed by atoms with van der Waals surface area (Å²) in [4.78, 5) is 18.4. The zero-order valence-corrected chi connectivity index (χ0v) is 18.3. The van der Waals surface area contributed by atoms with E-state index in [0.29, 0.717) is 43.2 Å². The van der Waals surface area contributed by atoms with Crippen molar-refractivity contribution in [2.75, 3.05) is 32.7 Å². The number of carbonyl (C=O) groups is 1. The van der Waals surface area contributed by atoms with Crippen LogP contribution in [0.25, 0.3) is 10.9 Å². The van der Waals surface area contributed by atoms with Gasteiger partial charge in [0.1, 0.15) is 0 Å². The number of sulfonamides is 1. The van der Waals surface area contributed by atoms with Gasteiger partial charge in [-0.15, -0.1) is 0 Å². The summed E-state index contributed by atoms with van der Waals surface area (Å²) in [7, 11) is -3.50. The molecule has 0 bridgehead atoms. The van der Waals surface area contributed by atoms with Crippen molar-refractivity contribution in [1.82, 2.24) is 14.2 Å². The van der Waals surface area contributed by atoms with E-state index in [0.717, 1.165) is 30.2 Å². The Labute approximate surface area is 182 Å². The minimum absolute atomic E-state index is 0.0587. The van der Waals surface area contributed by atoms with Gasteiger partial charge >= 0.3 is 0 Å². The Morgan fingerprint density at radius 1 is 0.935 bits per heavy atom. The number of nitrogens with zero attached hydrogens (tertiary/aromatic N) is 2. The molecule has 0 spiro atoms. The first-order chi connectivity index (χ1) is 15.0. The average Bonchev–Trinajstić information content (AvgIpc) is 3.23. The average molecular weight is 438 g/mol. The van der Waals surface area contributed by atoms with Crippen LogP contribution in [0.5, 0.6) is 0 Å². The summed E-state index contributed by atoms with van der Waals surface area (Å²) in [6, 6.07) is 13.4. The maximum absolute atomic E-state index is 13.2. The Kier molecular flexibility index (Phi) is 5.42. The van der Waals surface area contributed by atoms with Crippen molar-refractivity contribution >= 4 is 26.7 Å². The quantitative estimate of drug-likeness (QED) is 0.622. The number of Topliss-reactive ketones (excluding diaryl/α,β-unsaturated/α-hetero) is 1. The van der Waals surface area contributed by atoms with Crippen LogP contribution in [0, 0.1) is 0 Å². The third kappa shape index (κ3) is 3.93. The van der Waals surface area contributed by atoms with Gasteiger partial charge in [-0.2, -0.15) is 4.31 Å². The number of H-pyrrole nitrogens is 1. The predicted octanol–water partition coefficient (Wildman–Crippen LogP) is 3.24. The van der Waals surface area contributed by atoms with E-state index >= 15 is 0 Å². The number of aryl methyl sites for hydroxylation is 2. The molecular weight excluding hydrogens is 410 g/mol. The molecule has 2 aliphatic rings. The molecule has 1 aliphatic heterocycles. The number of benzene rings is 2. The SMILES string of the molecule is O=C(CN1CCN(S(=O)(=O)c2ccc3c(c2)CCCC3)CC1)c1c[nH]c2ccccc12. The van der Waals surface area contributed by atoms with Gasteiger partial charge in [-0.3, -0.25) is 9.69 Å². The smallest absolute Gasteiger partial charge is 0.243 e. The van der Waals surface area contributed by atoms with Crippen molar-refractivity contribution in [3.63, 3.8) is 0 Å². The van der Waals surface area contributed by atoms with E-state index in [4.69, 9.17) is 0 Å². The van der Waals surface area contributed by atoms with E-state index in [1.54, 1.807) is 16.6 Å². The second-order valence-corrected chi connectivity index (χ2v) is 10.4.